The zero-order valence-electron chi connectivity index (χ0n) is 25.6. The van der Waals surface area contributed by atoms with E-state index in [1.807, 2.05) is 0 Å². The van der Waals surface area contributed by atoms with Crippen LogP contribution < -0.4 is 9.47 Å². The maximum atomic E-state index is 15.1. The Labute approximate surface area is 263 Å². The highest BCUT2D eigenvalue weighted by Crippen LogP contribution is 2.56. The molecule has 0 heterocycles. The second-order valence-corrected chi connectivity index (χ2v) is 11.8. The first-order valence-corrected chi connectivity index (χ1v) is 14.1. The number of carbonyl (C=O) groups excluding carboxylic acids is 2. The van der Waals surface area contributed by atoms with E-state index in [9.17, 15) is 44.7 Å². The van der Waals surface area contributed by atoms with Crippen molar-refractivity contribution < 1.29 is 63.0 Å². The van der Waals surface area contributed by atoms with Crippen molar-refractivity contribution in [1.29, 1.82) is 0 Å². The fourth-order valence-corrected chi connectivity index (χ4v) is 4.72. The van der Waals surface area contributed by atoms with Crippen molar-refractivity contribution in [3.05, 3.63) is 95.1 Å². The molecule has 0 fully saturated rings. The van der Waals surface area contributed by atoms with Crippen molar-refractivity contribution in [1.82, 2.24) is 0 Å². The Kier molecular flexibility index (Phi) is 10.2. The lowest BCUT2D eigenvalue weighted by Gasteiger charge is -2.38. The van der Waals surface area contributed by atoms with E-state index in [1.165, 1.54) is 13.8 Å². The molecule has 14 heteroatoms. The Balaban J connectivity index is 1.98. The highest BCUT2D eigenvalue weighted by Gasteiger charge is 2.72. The van der Waals surface area contributed by atoms with Crippen LogP contribution in [0.25, 0.3) is 0 Å². The highest BCUT2D eigenvalue weighted by molar-refractivity contribution is 5.89. The molecule has 1 unspecified atom stereocenters. The van der Waals surface area contributed by atoms with Gasteiger partial charge in [-0.1, -0.05) is 56.3 Å². The van der Waals surface area contributed by atoms with Crippen molar-refractivity contribution in [2.75, 3.05) is 0 Å². The third kappa shape index (κ3) is 7.41. The van der Waals surface area contributed by atoms with E-state index in [1.54, 1.807) is 20.8 Å². The number of halogens is 10. The predicted octanol–water partition coefficient (Wildman–Crippen LogP) is 9.68. The first-order chi connectivity index (χ1) is 21.4. The van der Waals surface area contributed by atoms with Gasteiger partial charge in [0.05, 0.1) is 0 Å². The van der Waals surface area contributed by atoms with Crippen LogP contribution in [0.3, 0.4) is 0 Å². The summed E-state index contributed by atoms with van der Waals surface area (Å²) >= 11 is 0. The molecule has 3 rings (SSSR count). The van der Waals surface area contributed by atoms with Crippen LogP contribution in [-0.4, -0.2) is 29.7 Å². The number of ether oxygens (including phenoxy) is 2. The van der Waals surface area contributed by atoms with Gasteiger partial charge in [-0.2, -0.15) is 43.9 Å². The van der Waals surface area contributed by atoms with Crippen LogP contribution in [0.1, 0.15) is 63.3 Å². The largest absolute Gasteiger partial charge is 0.488 e. The zero-order chi connectivity index (χ0) is 35.8. The summed E-state index contributed by atoms with van der Waals surface area (Å²) in [4.78, 5) is 24.6. The first-order valence-electron chi connectivity index (χ1n) is 14.1. The lowest BCUT2D eigenvalue weighted by Crippen LogP contribution is -2.54. The maximum Gasteiger partial charge on any atom is 0.411 e. The number of alkyl halides is 10. The normalized spacial score (nSPS) is 14.0. The van der Waals surface area contributed by atoms with Gasteiger partial charge >= 0.3 is 30.2 Å². The second-order valence-electron chi connectivity index (χ2n) is 11.8. The van der Waals surface area contributed by atoms with Crippen LogP contribution in [0.15, 0.2) is 72.8 Å². The number of hydrogen-bond acceptors (Lipinski definition) is 4. The number of Topliss-reactive ketones (excluding diaryl/α,β-unsaturated/α-hetero) is 1. The lowest BCUT2D eigenvalue weighted by molar-refractivity contribution is -0.288. The van der Waals surface area contributed by atoms with Gasteiger partial charge in [0, 0.05) is 17.0 Å². The number of ketones is 1. The summed E-state index contributed by atoms with van der Waals surface area (Å²) < 4.78 is 157. The van der Waals surface area contributed by atoms with E-state index in [2.05, 4.69) is 4.74 Å². The molecule has 0 amide bonds. The lowest BCUT2D eigenvalue weighted by atomic mass is 9.73. The minimum absolute atomic E-state index is 0.000870. The standard InChI is InChI=1S/C33H30F10O4/c1-6-19(2)26(44)30(34,35)22-8-7-9-23(18-22)31(36,37)27(45)46-24-14-10-20(11-15-24)29(32(38,39)40,33(41,42)43)21-12-16-25(17-13-21)47-28(3,4)5/h7-19H,6H2,1-5H3. The van der Waals surface area contributed by atoms with Crippen molar-refractivity contribution in [2.45, 2.75) is 76.3 Å². The van der Waals surface area contributed by atoms with Crippen LogP contribution in [0, 0.1) is 5.92 Å². The number of rotatable bonds is 10. The molecular formula is C33H30F10O4. The zero-order valence-corrected chi connectivity index (χ0v) is 25.6. The summed E-state index contributed by atoms with van der Waals surface area (Å²) in [5.41, 5.74) is -10.4. The molecule has 0 spiro atoms. The molecule has 0 aliphatic rings. The Morgan fingerprint density at radius 1 is 0.638 bits per heavy atom. The van der Waals surface area contributed by atoms with Gasteiger partial charge in [-0.05, 0) is 68.7 Å². The average molecular weight is 681 g/mol. The van der Waals surface area contributed by atoms with Gasteiger partial charge in [-0.3, -0.25) is 4.79 Å². The summed E-state index contributed by atoms with van der Waals surface area (Å²) in [7, 11) is 0. The number of hydrogen-bond donors (Lipinski definition) is 0. The molecule has 0 aliphatic carbocycles. The van der Waals surface area contributed by atoms with Crippen LogP contribution in [-0.2, 0) is 26.8 Å². The van der Waals surface area contributed by atoms with E-state index in [0.29, 0.717) is 48.5 Å². The fraction of sp³-hybridized carbons (Fsp3) is 0.394. The smallest absolute Gasteiger partial charge is 0.411 e. The summed E-state index contributed by atoms with van der Waals surface area (Å²) in [5.74, 6) is -14.7. The fourth-order valence-electron chi connectivity index (χ4n) is 4.72. The van der Waals surface area contributed by atoms with Gasteiger partial charge < -0.3 is 9.47 Å². The molecule has 4 nitrogen and oxygen atoms in total. The summed E-state index contributed by atoms with van der Waals surface area (Å²) in [6.07, 6.45) is -11.9. The third-order valence-corrected chi connectivity index (χ3v) is 7.27. The van der Waals surface area contributed by atoms with E-state index >= 15 is 8.78 Å². The van der Waals surface area contributed by atoms with E-state index in [4.69, 9.17) is 4.74 Å². The molecule has 0 aliphatic heterocycles. The van der Waals surface area contributed by atoms with Gasteiger partial charge in [0.25, 0.3) is 0 Å². The van der Waals surface area contributed by atoms with Crippen LogP contribution in [0.2, 0.25) is 0 Å². The molecule has 0 radical (unpaired) electrons. The van der Waals surface area contributed by atoms with Crippen molar-refractivity contribution >= 4 is 11.8 Å². The Hall–Kier alpha value is -4.10. The molecular weight excluding hydrogens is 650 g/mol. The van der Waals surface area contributed by atoms with Crippen LogP contribution in [0.4, 0.5) is 43.9 Å². The number of carbonyl (C=O) groups is 2. The SMILES string of the molecule is CCC(C)C(=O)C(F)(F)c1cccc(C(F)(F)C(=O)Oc2ccc(C(c3ccc(OC(C)(C)C)cc3)(C(F)(F)F)C(F)(F)F)cc2)c1. The first kappa shape index (κ1) is 37.4. The molecule has 0 saturated carbocycles. The summed E-state index contributed by atoms with van der Waals surface area (Å²) in [5, 5.41) is 0. The van der Waals surface area contributed by atoms with E-state index < -0.39 is 80.9 Å². The third-order valence-electron chi connectivity index (χ3n) is 7.27. The minimum Gasteiger partial charge on any atom is -0.488 e. The molecule has 3 aromatic carbocycles. The Morgan fingerprint density at radius 3 is 1.47 bits per heavy atom. The Morgan fingerprint density at radius 2 is 1.06 bits per heavy atom. The minimum atomic E-state index is -5.97. The molecule has 0 aromatic heterocycles. The van der Waals surface area contributed by atoms with Gasteiger partial charge in [0.2, 0.25) is 11.2 Å². The highest BCUT2D eigenvalue weighted by atomic mass is 19.4. The van der Waals surface area contributed by atoms with Crippen molar-refractivity contribution in [3.63, 3.8) is 0 Å². The molecule has 0 saturated heterocycles. The quantitative estimate of drug-likeness (QED) is 0.122. The average Bonchev–Trinajstić information content (AvgIpc) is 2.96. The van der Waals surface area contributed by atoms with Gasteiger partial charge in [0.15, 0.2) is 0 Å². The molecule has 0 N–H and O–H groups in total. The molecule has 1 atom stereocenters. The molecule has 0 bridgehead atoms. The van der Waals surface area contributed by atoms with Crippen LogP contribution in [0.5, 0.6) is 11.5 Å². The maximum absolute atomic E-state index is 15.1. The number of esters is 1. The van der Waals surface area contributed by atoms with Gasteiger partial charge in [0.1, 0.15) is 17.1 Å². The van der Waals surface area contributed by atoms with Gasteiger partial charge in [-0.25, -0.2) is 4.79 Å². The summed E-state index contributed by atoms with van der Waals surface area (Å²) in [6, 6.07) is 6.97. The molecule has 3 aromatic rings. The van der Waals surface area contributed by atoms with Gasteiger partial charge in [-0.15, -0.1) is 0 Å². The molecule has 47 heavy (non-hydrogen) atoms. The van der Waals surface area contributed by atoms with Crippen molar-refractivity contribution in [2.24, 2.45) is 5.92 Å². The van der Waals surface area contributed by atoms with E-state index in [-0.39, 0.29) is 18.2 Å². The topological polar surface area (TPSA) is 52.6 Å². The molecule has 256 valence electrons. The summed E-state index contributed by atoms with van der Waals surface area (Å²) in [6.45, 7) is 7.55. The second kappa shape index (κ2) is 12.8. The Bertz CT molecular complexity index is 1560. The predicted molar refractivity (Wildman–Crippen MR) is 150 cm³/mol. The monoisotopic (exact) mass is 680 g/mol. The van der Waals surface area contributed by atoms with E-state index in [0.717, 1.165) is 18.2 Å². The number of benzene rings is 3. The van der Waals surface area contributed by atoms with Crippen molar-refractivity contribution in [3.8, 4) is 11.5 Å². The van der Waals surface area contributed by atoms with Crippen LogP contribution >= 0.6 is 0 Å².